The lowest BCUT2D eigenvalue weighted by Crippen LogP contribution is -2.52. The van der Waals surface area contributed by atoms with E-state index >= 15 is 0 Å². The van der Waals surface area contributed by atoms with Crippen molar-refractivity contribution in [2.45, 2.75) is 19.0 Å². The van der Waals surface area contributed by atoms with Gasteiger partial charge in [0.05, 0.1) is 19.1 Å². The number of hydrogen-bond acceptors (Lipinski definition) is 5. The van der Waals surface area contributed by atoms with Gasteiger partial charge in [0.25, 0.3) is 0 Å². The van der Waals surface area contributed by atoms with Crippen molar-refractivity contribution in [3.05, 3.63) is 96.1 Å². The average molecular weight is 510 g/mol. The highest BCUT2D eigenvalue weighted by atomic mass is 32.2. The molecule has 0 aliphatic carbocycles. The first-order valence-electron chi connectivity index (χ1n) is 11.4. The number of rotatable bonds is 11. The Morgan fingerprint density at radius 1 is 0.917 bits per heavy atom. The molecule has 0 fully saturated rings. The third kappa shape index (κ3) is 7.08. The van der Waals surface area contributed by atoms with Crippen LogP contribution in [0.15, 0.2) is 84.9 Å². The van der Waals surface area contributed by atoms with Gasteiger partial charge in [0.15, 0.2) is 0 Å². The van der Waals surface area contributed by atoms with Crippen LogP contribution in [0.25, 0.3) is 0 Å². The summed E-state index contributed by atoms with van der Waals surface area (Å²) in [7, 11) is -0.710. The number of benzene rings is 3. The number of para-hydroxylation sites is 1. The summed E-state index contributed by atoms with van der Waals surface area (Å²) in [6.45, 7) is -0.359. The molecule has 0 saturated carbocycles. The molecule has 0 bridgehead atoms. The summed E-state index contributed by atoms with van der Waals surface area (Å²) < 4.78 is 31.7. The maximum absolute atomic E-state index is 13.8. The summed E-state index contributed by atoms with van der Waals surface area (Å²) >= 11 is 0. The van der Waals surface area contributed by atoms with Crippen LogP contribution in [-0.2, 0) is 32.6 Å². The fourth-order valence-corrected chi connectivity index (χ4v) is 4.75. The van der Waals surface area contributed by atoms with Crippen molar-refractivity contribution in [1.29, 1.82) is 0 Å². The van der Waals surface area contributed by atoms with E-state index in [1.54, 1.807) is 55.6 Å². The number of sulfonamides is 1. The SMILES string of the molecule is CNC(=O)[C@H](Cc1ccccc1)N(Cc1cccc(OC)c1)C(=O)CN(c1ccccc1)S(C)(=O)=O. The predicted molar refractivity (Wildman–Crippen MR) is 140 cm³/mol. The smallest absolute Gasteiger partial charge is 0.244 e. The maximum atomic E-state index is 13.8. The van der Waals surface area contributed by atoms with E-state index in [2.05, 4.69) is 5.32 Å². The Morgan fingerprint density at radius 2 is 1.53 bits per heavy atom. The molecule has 0 saturated heterocycles. The molecule has 2 amide bonds. The highest BCUT2D eigenvalue weighted by molar-refractivity contribution is 7.92. The van der Waals surface area contributed by atoms with Gasteiger partial charge < -0.3 is 15.0 Å². The van der Waals surface area contributed by atoms with Crippen LogP contribution >= 0.6 is 0 Å². The molecule has 0 unspecified atom stereocenters. The second kappa shape index (κ2) is 12.2. The summed E-state index contributed by atoms with van der Waals surface area (Å²) in [5.41, 5.74) is 1.99. The van der Waals surface area contributed by atoms with E-state index in [0.717, 1.165) is 21.7 Å². The Hall–Kier alpha value is -3.85. The molecular formula is C27H31N3O5S. The summed E-state index contributed by atoms with van der Waals surface area (Å²) in [6.07, 6.45) is 1.32. The van der Waals surface area contributed by atoms with Gasteiger partial charge in [-0.05, 0) is 35.4 Å². The number of hydrogen-bond donors (Lipinski definition) is 1. The number of ether oxygens (including phenoxy) is 1. The normalized spacial score (nSPS) is 11.9. The van der Waals surface area contributed by atoms with Gasteiger partial charge in [-0.3, -0.25) is 13.9 Å². The molecular weight excluding hydrogens is 478 g/mol. The van der Waals surface area contributed by atoms with Gasteiger partial charge in [0, 0.05) is 20.0 Å². The summed E-state index contributed by atoms with van der Waals surface area (Å²) in [4.78, 5) is 28.3. The predicted octanol–water partition coefficient (Wildman–Crippen LogP) is 2.85. The van der Waals surface area contributed by atoms with Crippen LogP contribution in [0.2, 0.25) is 0 Å². The van der Waals surface area contributed by atoms with E-state index in [4.69, 9.17) is 4.74 Å². The van der Waals surface area contributed by atoms with E-state index in [0.29, 0.717) is 11.4 Å². The Kier molecular flexibility index (Phi) is 9.08. The second-order valence-electron chi connectivity index (χ2n) is 8.30. The third-order valence-corrected chi connectivity index (χ3v) is 6.87. The molecule has 0 spiro atoms. The molecule has 190 valence electrons. The highest BCUT2D eigenvalue weighted by Crippen LogP contribution is 2.21. The van der Waals surface area contributed by atoms with Crippen LogP contribution in [0.1, 0.15) is 11.1 Å². The van der Waals surface area contributed by atoms with Crippen molar-refractivity contribution < 1.29 is 22.7 Å². The fourth-order valence-electron chi connectivity index (χ4n) is 3.90. The van der Waals surface area contributed by atoms with Crippen LogP contribution in [0.4, 0.5) is 5.69 Å². The number of anilines is 1. The van der Waals surface area contributed by atoms with Crippen LogP contribution in [0.3, 0.4) is 0 Å². The first-order chi connectivity index (χ1) is 17.2. The van der Waals surface area contributed by atoms with Crippen molar-refractivity contribution in [1.82, 2.24) is 10.2 Å². The molecule has 0 aromatic heterocycles. The number of carbonyl (C=O) groups excluding carboxylic acids is 2. The largest absolute Gasteiger partial charge is 0.497 e. The lowest BCUT2D eigenvalue weighted by molar-refractivity contribution is -0.139. The quantitative estimate of drug-likeness (QED) is 0.429. The number of nitrogens with one attached hydrogen (secondary N) is 1. The fraction of sp³-hybridized carbons (Fsp3) is 0.259. The lowest BCUT2D eigenvalue weighted by Gasteiger charge is -2.33. The van der Waals surface area contributed by atoms with Crippen LogP contribution in [-0.4, -0.2) is 58.1 Å². The van der Waals surface area contributed by atoms with Crippen LogP contribution < -0.4 is 14.4 Å². The number of likely N-dealkylation sites (N-methyl/N-ethyl adjacent to an activating group) is 1. The average Bonchev–Trinajstić information content (AvgIpc) is 2.89. The van der Waals surface area contributed by atoms with E-state index < -0.39 is 28.5 Å². The van der Waals surface area contributed by atoms with Crippen molar-refractivity contribution in [2.75, 3.05) is 31.3 Å². The molecule has 3 aromatic carbocycles. The minimum absolute atomic E-state index is 0.0906. The molecule has 0 heterocycles. The van der Waals surface area contributed by atoms with Gasteiger partial charge in [0.2, 0.25) is 21.8 Å². The molecule has 36 heavy (non-hydrogen) atoms. The Morgan fingerprint density at radius 3 is 2.11 bits per heavy atom. The molecule has 9 heteroatoms. The minimum Gasteiger partial charge on any atom is -0.497 e. The standard InChI is InChI=1S/C27H31N3O5S/c1-28-27(32)25(18-21-11-6-4-7-12-21)29(19-22-13-10-16-24(17-22)35-2)26(31)20-30(36(3,33)34)23-14-8-5-9-15-23/h4-17,25H,18-20H2,1-3H3,(H,28,32)/t25-/m0/s1. The summed E-state index contributed by atoms with van der Waals surface area (Å²) in [6, 6.07) is 24.1. The van der Waals surface area contributed by atoms with E-state index in [1.807, 2.05) is 36.4 Å². The van der Waals surface area contributed by atoms with Crippen molar-refractivity contribution in [3.8, 4) is 5.75 Å². The van der Waals surface area contributed by atoms with Gasteiger partial charge >= 0.3 is 0 Å². The van der Waals surface area contributed by atoms with Crippen LogP contribution in [0.5, 0.6) is 5.75 Å². The number of amides is 2. The number of carbonyl (C=O) groups is 2. The molecule has 0 radical (unpaired) electrons. The zero-order valence-electron chi connectivity index (χ0n) is 20.6. The van der Waals surface area contributed by atoms with Gasteiger partial charge in [-0.2, -0.15) is 0 Å². The molecule has 3 rings (SSSR count). The number of methoxy groups -OCH3 is 1. The lowest BCUT2D eigenvalue weighted by atomic mass is 10.0. The topological polar surface area (TPSA) is 96.0 Å². The van der Waals surface area contributed by atoms with Crippen LogP contribution in [0, 0.1) is 0 Å². The third-order valence-electron chi connectivity index (χ3n) is 5.73. The second-order valence-corrected chi connectivity index (χ2v) is 10.2. The Balaban J connectivity index is 2.02. The summed E-state index contributed by atoms with van der Waals surface area (Å²) in [5.74, 6) is -0.237. The highest BCUT2D eigenvalue weighted by Gasteiger charge is 2.32. The first kappa shape index (κ1) is 26.7. The maximum Gasteiger partial charge on any atom is 0.244 e. The van der Waals surface area contributed by atoms with E-state index in [-0.39, 0.29) is 18.9 Å². The zero-order valence-corrected chi connectivity index (χ0v) is 21.4. The van der Waals surface area contributed by atoms with E-state index in [1.165, 1.54) is 11.9 Å². The first-order valence-corrected chi connectivity index (χ1v) is 13.3. The minimum atomic E-state index is -3.78. The Bertz CT molecular complexity index is 1270. The van der Waals surface area contributed by atoms with Gasteiger partial charge in [-0.25, -0.2) is 8.42 Å². The summed E-state index contributed by atoms with van der Waals surface area (Å²) in [5, 5.41) is 2.65. The number of nitrogens with zero attached hydrogens (tertiary/aromatic N) is 2. The van der Waals surface area contributed by atoms with E-state index in [9.17, 15) is 18.0 Å². The molecule has 0 aliphatic rings. The van der Waals surface area contributed by atoms with Crippen molar-refractivity contribution in [2.24, 2.45) is 0 Å². The Labute approximate surface area is 212 Å². The zero-order chi connectivity index (χ0) is 26.1. The monoisotopic (exact) mass is 509 g/mol. The molecule has 1 N–H and O–H groups in total. The molecule has 8 nitrogen and oxygen atoms in total. The van der Waals surface area contributed by atoms with Gasteiger partial charge in [0.1, 0.15) is 18.3 Å². The van der Waals surface area contributed by atoms with Crippen molar-refractivity contribution >= 4 is 27.5 Å². The van der Waals surface area contributed by atoms with Crippen molar-refractivity contribution in [3.63, 3.8) is 0 Å². The molecule has 0 aliphatic heterocycles. The van der Waals surface area contributed by atoms with Gasteiger partial charge in [-0.15, -0.1) is 0 Å². The van der Waals surface area contributed by atoms with Gasteiger partial charge in [-0.1, -0.05) is 60.7 Å². The molecule has 3 aromatic rings. The molecule has 1 atom stereocenters.